The van der Waals surface area contributed by atoms with E-state index in [0.29, 0.717) is 11.7 Å². The van der Waals surface area contributed by atoms with Crippen LogP contribution in [0.1, 0.15) is 28.2 Å². The summed E-state index contributed by atoms with van der Waals surface area (Å²) < 4.78 is 1.86. The summed E-state index contributed by atoms with van der Waals surface area (Å²) in [5, 5.41) is 7.98. The molecule has 1 unspecified atom stereocenters. The molecule has 0 spiro atoms. The molecular formula is C20H28ClN5O. The number of carbonyl (C=O) groups is 1. The quantitative estimate of drug-likeness (QED) is 0.872. The van der Waals surface area contributed by atoms with Crippen LogP contribution in [0.3, 0.4) is 0 Å². The van der Waals surface area contributed by atoms with Crippen molar-refractivity contribution in [2.45, 2.75) is 26.3 Å². The average molecular weight is 390 g/mol. The van der Waals surface area contributed by atoms with Crippen molar-refractivity contribution >= 4 is 18.3 Å². The molecule has 27 heavy (non-hydrogen) atoms. The lowest BCUT2D eigenvalue weighted by atomic mass is 10.2. The second kappa shape index (κ2) is 8.42. The molecule has 146 valence electrons. The van der Waals surface area contributed by atoms with Crippen molar-refractivity contribution in [3.63, 3.8) is 0 Å². The molecule has 4 rings (SSSR count). The summed E-state index contributed by atoms with van der Waals surface area (Å²) in [5.41, 5.74) is 3.73. The highest BCUT2D eigenvalue weighted by atomic mass is 35.5. The van der Waals surface area contributed by atoms with Gasteiger partial charge in [-0.1, -0.05) is 17.7 Å². The van der Waals surface area contributed by atoms with Crippen LogP contribution in [-0.4, -0.2) is 70.8 Å². The van der Waals surface area contributed by atoms with Crippen LogP contribution in [0.25, 0.3) is 5.69 Å². The topological polar surface area (TPSA) is 53.4 Å². The van der Waals surface area contributed by atoms with E-state index in [1.54, 1.807) is 0 Å². The minimum absolute atomic E-state index is 0. The number of aromatic nitrogens is 2. The predicted molar refractivity (Wildman–Crippen MR) is 109 cm³/mol. The lowest BCUT2D eigenvalue weighted by Gasteiger charge is -2.32. The average Bonchev–Trinajstić information content (AvgIpc) is 3.30. The van der Waals surface area contributed by atoms with Gasteiger partial charge in [-0.2, -0.15) is 5.10 Å². The Bertz CT molecular complexity index is 782. The fourth-order valence-electron chi connectivity index (χ4n) is 3.96. The molecule has 2 aliphatic rings. The molecular weight excluding hydrogens is 362 g/mol. The lowest BCUT2D eigenvalue weighted by molar-refractivity contribution is 0.0767. The molecule has 6 nitrogen and oxygen atoms in total. The molecule has 2 aromatic rings. The van der Waals surface area contributed by atoms with E-state index in [9.17, 15) is 4.79 Å². The first kappa shape index (κ1) is 19.9. The number of rotatable bonds is 3. The standard InChI is InChI=1S/C20H27N5O.ClH/c1-15-3-5-17(6-4-15)25-16(2)13-19(22-25)20(26)24-10-7-18(14-24)23-11-8-21-9-12-23;/h3-6,13,18,21H,7-12,14H2,1-2H3;1H. The van der Waals surface area contributed by atoms with Gasteiger partial charge in [-0.15, -0.1) is 12.4 Å². The SMILES string of the molecule is Cc1ccc(-n2nc(C(=O)N3CCC(N4CCNCC4)C3)cc2C)cc1.Cl. The van der Waals surface area contributed by atoms with Crippen molar-refractivity contribution in [1.29, 1.82) is 0 Å². The normalized spacial score (nSPS) is 20.5. The van der Waals surface area contributed by atoms with Crippen LogP contribution in [0.2, 0.25) is 0 Å². The van der Waals surface area contributed by atoms with Gasteiger partial charge in [0, 0.05) is 51.0 Å². The Morgan fingerprint density at radius 3 is 2.52 bits per heavy atom. The van der Waals surface area contributed by atoms with Crippen molar-refractivity contribution in [3.8, 4) is 5.69 Å². The first-order valence-corrected chi connectivity index (χ1v) is 9.49. The molecule has 1 aromatic heterocycles. The number of benzene rings is 1. The molecule has 0 radical (unpaired) electrons. The molecule has 0 aliphatic carbocycles. The summed E-state index contributed by atoms with van der Waals surface area (Å²) >= 11 is 0. The summed E-state index contributed by atoms with van der Waals surface area (Å²) in [6.45, 7) is 9.95. The Morgan fingerprint density at radius 2 is 1.81 bits per heavy atom. The number of nitrogens with one attached hydrogen (secondary N) is 1. The number of hydrogen-bond donors (Lipinski definition) is 1. The Balaban J connectivity index is 0.00000210. The van der Waals surface area contributed by atoms with E-state index in [2.05, 4.69) is 34.4 Å². The highest BCUT2D eigenvalue weighted by molar-refractivity contribution is 5.92. The fraction of sp³-hybridized carbons (Fsp3) is 0.500. The zero-order chi connectivity index (χ0) is 18.1. The molecule has 2 fully saturated rings. The van der Waals surface area contributed by atoms with Crippen molar-refractivity contribution in [1.82, 2.24) is 24.9 Å². The molecule has 1 amide bonds. The molecule has 1 N–H and O–H groups in total. The van der Waals surface area contributed by atoms with Gasteiger partial charge in [0.05, 0.1) is 5.69 Å². The Labute approximate surface area is 166 Å². The van der Waals surface area contributed by atoms with Gasteiger partial charge in [-0.25, -0.2) is 4.68 Å². The minimum Gasteiger partial charge on any atom is -0.336 e. The van der Waals surface area contributed by atoms with Gasteiger partial charge in [0.25, 0.3) is 5.91 Å². The Hall–Kier alpha value is -1.89. The first-order chi connectivity index (χ1) is 12.6. The number of nitrogens with zero attached hydrogens (tertiary/aromatic N) is 4. The molecule has 3 heterocycles. The van der Waals surface area contributed by atoms with E-state index in [0.717, 1.165) is 57.1 Å². The van der Waals surface area contributed by atoms with Crippen LogP contribution in [0, 0.1) is 13.8 Å². The van der Waals surface area contributed by atoms with Crippen LogP contribution in [0.15, 0.2) is 30.3 Å². The Morgan fingerprint density at radius 1 is 1.11 bits per heavy atom. The first-order valence-electron chi connectivity index (χ1n) is 9.49. The van der Waals surface area contributed by atoms with E-state index in [1.807, 2.05) is 34.7 Å². The zero-order valence-corrected chi connectivity index (χ0v) is 16.8. The zero-order valence-electron chi connectivity index (χ0n) is 16.0. The third-order valence-electron chi connectivity index (χ3n) is 5.50. The maximum atomic E-state index is 12.9. The molecule has 0 bridgehead atoms. The van der Waals surface area contributed by atoms with Crippen LogP contribution in [-0.2, 0) is 0 Å². The number of aryl methyl sites for hydroxylation is 2. The molecule has 2 aliphatic heterocycles. The van der Waals surface area contributed by atoms with Gasteiger partial charge in [-0.05, 0) is 38.5 Å². The summed E-state index contributed by atoms with van der Waals surface area (Å²) in [5.74, 6) is 0.0524. The number of halogens is 1. The number of amides is 1. The smallest absolute Gasteiger partial charge is 0.274 e. The monoisotopic (exact) mass is 389 g/mol. The number of piperazine rings is 1. The van der Waals surface area contributed by atoms with Gasteiger partial charge >= 0.3 is 0 Å². The van der Waals surface area contributed by atoms with Crippen molar-refractivity contribution in [3.05, 3.63) is 47.3 Å². The summed E-state index contributed by atoms with van der Waals surface area (Å²) in [6, 6.07) is 10.6. The maximum absolute atomic E-state index is 12.9. The van der Waals surface area contributed by atoms with Crippen LogP contribution in [0.5, 0.6) is 0 Å². The number of hydrogen-bond acceptors (Lipinski definition) is 4. The van der Waals surface area contributed by atoms with E-state index in [4.69, 9.17) is 0 Å². The highest BCUT2D eigenvalue weighted by Gasteiger charge is 2.32. The number of carbonyl (C=O) groups excluding carboxylic acids is 1. The molecule has 1 atom stereocenters. The lowest BCUT2D eigenvalue weighted by Crippen LogP contribution is -2.49. The molecule has 1 aromatic carbocycles. The Kier molecular flexibility index (Phi) is 6.19. The second-order valence-corrected chi connectivity index (χ2v) is 7.40. The van der Waals surface area contributed by atoms with E-state index >= 15 is 0 Å². The van der Waals surface area contributed by atoms with Gasteiger partial charge in [0.1, 0.15) is 0 Å². The number of likely N-dealkylation sites (tertiary alicyclic amines) is 1. The van der Waals surface area contributed by atoms with Crippen molar-refractivity contribution in [2.24, 2.45) is 0 Å². The van der Waals surface area contributed by atoms with Crippen LogP contribution >= 0.6 is 12.4 Å². The van der Waals surface area contributed by atoms with Crippen LogP contribution in [0.4, 0.5) is 0 Å². The minimum atomic E-state index is 0. The third kappa shape index (κ3) is 4.18. The fourth-order valence-corrected chi connectivity index (χ4v) is 3.96. The summed E-state index contributed by atoms with van der Waals surface area (Å²) in [4.78, 5) is 17.4. The highest BCUT2D eigenvalue weighted by Crippen LogP contribution is 2.20. The van der Waals surface area contributed by atoms with Crippen molar-refractivity contribution in [2.75, 3.05) is 39.3 Å². The second-order valence-electron chi connectivity index (χ2n) is 7.40. The summed E-state index contributed by atoms with van der Waals surface area (Å²) in [7, 11) is 0. The van der Waals surface area contributed by atoms with E-state index in [-0.39, 0.29) is 18.3 Å². The predicted octanol–water partition coefficient (Wildman–Crippen LogP) is 2.03. The van der Waals surface area contributed by atoms with Gasteiger partial charge in [-0.3, -0.25) is 9.69 Å². The largest absolute Gasteiger partial charge is 0.336 e. The molecule has 2 saturated heterocycles. The molecule has 0 saturated carbocycles. The van der Waals surface area contributed by atoms with Gasteiger partial charge in [0.15, 0.2) is 5.69 Å². The van der Waals surface area contributed by atoms with Gasteiger partial charge < -0.3 is 10.2 Å². The van der Waals surface area contributed by atoms with E-state index < -0.39 is 0 Å². The van der Waals surface area contributed by atoms with E-state index in [1.165, 1.54) is 5.56 Å². The van der Waals surface area contributed by atoms with Crippen molar-refractivity contribution < 1.29 is 4.79 Å². The molecule has 7 heteroatoms. The maximum Gasteiger partial charge on any atom is 0.274 e. The van der Waals surface area contributed by atoms with Crippen LogP contribution < -0.4 is 5.32 Å². The van der Waals surface area contributed by atoms with Gasteiger partial charge in [0.2, 0.25) is 0 Å². The summed E-state index contributed by atoms with van der Waals surface area (Å²) in [6.07, 6.45) is 1.06. The third-order valence-corrected chi connectivity index (χ3v) is 5.50.